The summed E-state index contributed by atoms with van der Waals surface area (Å²) in [7, 11) is 0. The van der Waals surface area contributed by atoms with Crippen LogP contribution in [0.5, 0.6) is 0 Å². The Morgan fingerprint density at radius 1 is 0.429 bits per heavy atom. The molecule has 0 unspecified atom stereocenters. The molecule has 0 aliphatic heterocycles. The van der Waals surface area contributed by atoms with Crippen LogP contribution in [-0.4, -0.2) is 0 Å². The molecule has 198 valence electrons. The molecule has 2 heteroatoms. The number of anilines is 3. The van der Waals surface area contributed by atoms with Gasteiger partial charge < -0.3 is 4.90 Å². The summed E-state index contributed by atoms with van der Waals surface area (Å²) in [5, 5.41) is 7.09. The molecule has 0 bridgehead atoms. The average Bonchev–Trinajstić information content (AvgIpc) is 3.46. The first-order valence-electron chi connectivity index (χ1n) is 15.1. The van der Waals surface area contributed by atoms with Crippen molar-refractivity contribution in [2.45, 2.75) is 0 Å². The SMILES string of the molecule is [2H]/C(=C(/[2H])c1ccc2sc3ccccc3c2c1)c1ccc(N(c2ccc3ccccc3c2)c2ccc3ccccc3c2)cc1. The van der Waals surface area contributed by atoms with Crippen LogP contribution in [0, 0.1) is 0 Å². The van der Waals surface area contributed by atoms with E-state index in [4.69, 9.17) is 2.74 Å². The van der Waals surface area contributed by atoms with Gasteiger partial charge in [0.2, 0.25) is 0 Å². The number of fused-ring (bicyclic) bond motifs is 5. The van der Waals surface area contributed by atoms with Crippen LogP contribution >= 0.6 is 11.3 Å². The number of benzene rings is 7. The Morgan fingerprint density at radius 3 is 1.64 bits per heavy atom. The molecule has 0 radical (unpaired) electrons. The van der Waals surface area contributed by atoms with Crippen molar-refractivity contribution in [1.29, 1.82) is 0 Å². The van der Waals surface area contributed by atoms with Crippen molar-refractivity contribution in [2.75, 3.05) is 4.90 Å². The topological polar surface area (TPSA) is 3.24 Å². The van der Waals surface area contributed by atoms with E-state index in [0.717, 1.165) is 28.0 Å². The van der Waals surface area contributed by atoms with Crippen LogP contribution in [0.1, 0.15) is 13.9 Å². The Hall–Kier alpha value is -5.18. The molecule has 0 aliphatic rings. The van der Waals surface area contributed by atoms with E-state index in [1.54, 1.807) is 11.3 Å². The molecule has 0 fully saturated rings. The maximum absolute atomic E-state index is 8.96. The molecule has 1 aromatic heterocycles. The fourth-order valence-electron chi connectivity index (χ4n) is 5.72. The van der Waals surface area contributed by atoms with Gasteiger partial charge in [-0.1, -0.05) is 109 Å². The number of rotatable bonds is 5. The van der Waals surface area contributed by atoms with Crippen molar-refractivity contribution in [3.63, 3.8) is 0 Å². The zero-order chi connectivity index (χ0) is 29.6. The summed E-state index contributed by atoms with van der Waals surface area (Å²) in [5.74, 6) is 0. The van der Waals surface area contributed by atoms with E-state index in [0.29, 0.717) is 5.56 Å². The minimum Gasteiger partial charge on any atom is -0.310 e. The standard InChI is InChI=1S/C40H27NS/c1-3-9-32-26-35(22-18-30(32)7-1)41(36-23-19-31-8-2-4-10-33(31)27-36)34-20-15-28(16-21-34)13-14-29-17-24-40-38(25-29)37-11-5-6-12-39(37)42-40/h1-27H/b14-13+/i13D,14D. The third kappa shape index (κ3) is 4.52. The molecule has 8 rings (SSSR count). The Morgan fingerprint density at radius 2 is 0.952 bits per heavy atom. The molecule has 1 heterocycles. The summed E-state index contributed by atoms with van der Waals surface area (Å²) in [6, 6.07) is 52.8. The molecule has 1 nitrogen and oxygen atoms in total. The molecule has 0 spiro atoms. The van der Waals surface area contributed by atoms with E-state index >= 15 is 0 Å². The van der Waals surface area contributed by atoms with Crippen molar-refractivity contribution in [2.24, 2.45) is 0 Å². The lowest BCUT2D eigenvalue weighted by atomic mass is 10.1. The first kappa shape index (κ1) is 22.5. The number of nitrogens with zero attached hydrogens (tertiary/aromatic N) is 1. The molecule has 0 amide bonds. The van der Waals surface area contributed by atoms with Crippen molar-refractivity contribution >= 4 is 82.2 Å². The quantitative estimate of drug-likeness (QED) is 0.191. The van der Waals surface area contributed by atoms with Crippen LogP contribution < -0.4 is 4.90 Å². The van der Waals surface area contributed by atoms with Gasteiger partial charge in [-0.05, 0) is 87.3 Å². The van der Waals surface area contributed by atoms with Gasteiger partial charge in [0, 0.05) is 37.2 Å². The fourth-order valence-corrected chi connectivity index (χ4v) is 6.81. The highest BCUT2D eigenvalue weighted by molar-refractivity contribution is 7.25. The lowest BCUT2D eigenvalue weighted by Crippen LogP contribution is -2.09. The summed E-state index contributed by atoms with van der Waals surface area (Å²) >= 11 is 1.76. The largest absolute Gasteiger partial charge is 0.310 e. The Kier molecular flexibility index (Phi) is 5.54. The van der Waals surface area contributed by atoms with Crippen molar-refractivity contribution in [1.82, 2.24) is 0 Å². The van der Waals surface area contributed by atoms with E-state index in [1.807, 2.05) is 18.2 Å². The van der Waals surface area contributed by atoms with Crippen LogP contribution in [0.25, 0.3) is 53.8 Å². The van der Waals surface area contributed by atoms with E-state index in [1.165, 1.54) is 36.3 Å². The van der Waals surface area contributed by atoms with Gasteiger partial charge in [-0.15, -0.1) is 11.3 Å². The maximum Gasteiger partial charge on any atom is 0.0629 e. The number of hydrogen-bond donors (Lipinski definition) is 0. The highest BCUT2D eigenvalue weighted by Crippen LogP contribution is 2.38. The number of hydrogen-bond acceptors (Lipinski definition) is 2. The molecule has 0 N–H and O–H groups in total. The van der Waals surface area contributed by atoms with Gasteiger partial charge in [-0.2, -0.15) is 0 Å². The Labute approximate surface area is 252 Å². The van der Waals surface area contributed by atoms with Gasteiger partial charge in [-0.3, -0.25) is 0 Å². The minimum atomic E-state index is 0.207. The number of thiophene rings is 1. The van der Waals surface area contributed by atoms with Gasteiger partial charge in [-0.25, -0.2) is 0 Å². The predicted octanol–water partition coefficient (Wildman–Crippen LogP) is 12.0. The maximum atomic E-state index is 8.96. The lowest BCUT2D eigenvalue weighted by Gasteiger charge is -2.26. The van der Waals surface area contributed by atoms with E-state index in [9.17, 15) is 0 Å². The summed E-state index contributed by atoms with van der Waals surface area (Å²) in [6.07, 6.45) is 0. The molecular weight excluding hydrogens is 527 g/mol. The van der Waals surface area contributed by atoms with E-state index in [-0.39, 0.29) is 12.1 Å². The monoisotopic (exact) mass is 555 g/mol. The van der Waals surface area contributed by atoms with Crippen LogP contribution in [0.15, 0.2) is 152 Å². The molecule has 42 heavy (non-hydrogen) atoms. The van der Waals surface area contributed by atoms with Gasteiger partial charge in [0.25, 0.3) is 0 Å². The molecule has 0 saturated heterocycles. The molecule has 7 aromatic carbocycles. The van der Waals surface area contributed by atoms with Gasteiger partial charge in [0.15, 0.2) is 0 Å². The first-order chi connectivity index (χ1) is 21.6. The molecule has 8 aromatic rings. The predicted molar refractivity (Wildman–Crippen MR) is 184 cm³/mol. The zero-order valence-electron chi connectivity index (χ0n) is 24.8. The smallest absolute Gasteiger partial charge is 0.0629 e. The van der Waals surface area contributed by atoms with Crippen LogP contribution in [0.2, 0.25) is 0 Å². The van der Waals surface area contributed by atoms with Crippen molar-refractivity contribution in [3.05, 3.63) is 163 Å². The van der Waals surface area contributed by atoms with Gasteiger partial charge >= 0.3 is 0 Å². The van der Waals surface area contributed by atoms with E-state index in [2.05, 4.69) is 138 Å². The zero-order valence-corrected chi connectivity index (χ0v) is 23.6. The van der Waals surface area contributed by atoms with Crippen LogP contribution in [-0.2, 0) is 0 Å². The Bertz CT molecular complexity index is 2290. The van der Waals surface area contributed by atoms with E-state index < -0.39 is 0 Å². The van der Waals surface area contributed by atoms with Gasteiger partial charge in [0.05, 0.1) is 2.74 Å². The summed E-state index contributed by atoms with van der Waals surface area (Å²) in [4.78, 5) is 2.26. The van der Waals surface area contributed by atoms with Crippen molar-refractivity contribution in [3.8, 4) is 0 Å². The third-order valence-corrected chi connectivity index (χ3v) is 8.99. The second-order valence-electron chi connectivity index (χ2n) is 10.5. The summed E-state index contributed by atoms with van der Waals surface area (Å²) in [6.45, 7) is 0. The minimum absolute atomic E-state index is 0.207. The summed E-state index contributed by atoms with van der Waals surface area (Å²) < 4.78 is 20.3. The second-order valence-corrected chi connectivity index (χ2v) is 11.6. The molecule has 0 atom stereocenters. The molecule has 0 saturated carbocycles. The molecule has 0 aliphatic carbocycles. The average molecular weight is 556 g/mol. The highest BCUT2D eigenvalue weighted by Gasteiger charge is 2.14. The highest BCUT2D eigenvalue weighted by atomic mass is 32.1. The third-order valence-electron chi connectivity index (χ3n) is 7.84. The normalized spacial score (nSPS) is 12.9. The van der Waals surface area contributed by atoms with Crippen molar-refractivity contribution < 1.29 is 2.74 Å². The second kappa shape index (κ2) is 10.3. The molecular formula is C40H27NS. The van der Waals surface area contributed by atoms with Crippen LogP contribution in [0.4, 0.5) is 17.1 Å². The summed E-state index contributed by atoms with van der Waals surface area (Å²) in [5.41, 5.74) is 4.58. The van der Waals surface area contributed by atoms with Gasteiger partial charge in [0.1, 0.15) is 0 Å². The van der Waals surface area contributed by atoms with Crippen LogP contribution in [0.3, 0.4) is 0 Å². The lowest BCUT2D eigenvalue weighted by molar-refractivity contribution is 1.29. The Balaban J connectivity index is 1.20. The first-order valence-corrected chi connectivity index (χ1v) is 14.9. The fraction of sp³-hybridized carbons (Fsp3) is 0.